The number of allylic oxidation sites excluding steroid dienone is 1. The number of carbonyl (C=O) groups excluding carboxylic acids is 1. The maximum absolute atomic E-state index is 12.7. The predicted octanol–water partition coefficient (Wildman–Crippen LogP) is 5.44. The Morgan fingerprint density at radius 3 is 2.74 bits per heavy atom. The van der Waals surface area contributed by atoms with Gasteiger partial charge in [-0.05, 0) is 44.1 Å². The van der Waals surface area contributed by atoms with E-state index in [2.05, 4.69) is 32.7 Å². The first-order valence-electron chi connectivity index (χ1n) is 11.2. The molecule has 0 bridgehead atoms. The van der Waals surface area contributed by atoms with E-state index in [1.807, 2.05) is 6.08 Å². The molecule has 1 fully saturated rings. The maximum Gasteiger partial charge on any atom is 0.235 e. The molecule has 2 heterocycles. The second kappa shape index (κ2) is 10.5. The zero-order valence-electron chi connectivity index (χ0n) is 17.9. The molecule has 1 amide bonds. The molecule has 4 rings (SSSR count). The lowest BCUT2D eigenvalue weighted by molar-refractivity contribution is -0.113. The highest BCUT2D eigenvalue weighted by Gasteiger charge is 2.25. The highest BCUT2D eigenvalue weighted by molar-refractivity contribution is 7.99. The summed E-state index contributed by atoms with van der Waals surface area (Å²) in [6.45, 7) is 4.52. The summed E-state index contributed by atoms with van der Waals surface area (Å²) in [4.78, 5) is 14.0. The third kappa shape index (κ3) is 5.04. The Morgan fingerprint density at radius 1 is 1.23 bits per heavy atom. The fourth-order valence-corrected chi connectivity index (χ4v) is 6.62. The lowest BCUT2D eigenvalue weighted by Crippen LogP contribution is -2.15. The van der Waals surface area contributed by atoms with Crippen molar-refractivity contribution in [3.05, 3.63) is 34.5 Å². The van der Waals surface area contributed by atoms with Gasteiger partial charge in [-0.15, -0.1) is 28.1 Å². The second-order valence-corrected chi connectivity index (χ2v) is 10.3. The van der Waals surface area contributed by atoms with Crippen molar-refractivity contribution in [1.82, 2.24) is 14.8 Å². The van der Waals surface area contributed by atoms with Crippen LogP contribution >= 0.6 is 23.1 Å². The Labute approximate surface area is 192 Å². The van der Waals surface area contributed by atoms with Gasteiger partial charge < -0.3 is 9.88 Å². The van der Waals surface area contributed by atoms with E-state index in [1.54, 1.807) is 11.3 Å². The summed E-state index contributed by atoms with van der Waals surface area (Å²) in [6, 6.07) is 2.34. The summed E-state index contributed by atoms with van der Waals surface area (Å²) >= 11 is 2.98. The van der Waals surface area contributed by atoms with Crippen molar-refractivity contribution >= 4 is 34.0 Å². The number of fused-ring (bicyclic) bond motifs is 1. The minimum Gasteiger partial charge on any atom is -0.316 e. The molecule has 0 spiro atoms. The van der Waals surface area contributed by atoms with Crippen molar-refractivity contribution in [2.24, 2.45) is 0 Å². The Bertz CT molecular complexity index is 981. The Hall–Kier alpha value is -2.11. The topological polar surface area (TPSA) is 83.6 Å². The summed E-state index contributed by atoms with van der Waals surface area (Å²) in [7, 11) is 0. The third-order valence-corrected chi connectivity index (χ3v) is 8.32. The van der Waals surface area contributed by atoms with Crippen LogP contribution in [0, 0.1) is 11.3 Å². The number of amides is 1. The molecule has 31 heavy (non-hydrogen) atoms. The van der Waals surface area contributed by atoms with Crippen LogP contribution in [0.1, 0.15) is 79.1 Å². The van der Waals surface area contributed by atoms with Crippen molar-refractivity contribution in [3.8, 4) is 6.07 Å². The summed E-state index contributed by atoms with van der Waals surface area (Å²) in [5, 5.41) is 23.0. The van der Waals surface area contributed by atoms with Gasteiger partial charge in [-0.2, -0.15) is 5.26 Å². The first kappa shape index (κ1) is 22.1. The van der Waals surface area contributed by atoms with Crippen LogP contribution in [-0.4, -0.2) is 26.4 Å². The van der Waals surface area contributed by atoms with Crippen molar-refractivity contribution in [1.29, 1.82) is 5.26 Å². The summed E-state index contributed by atoms with van der Waals surface area (Å²) < 4.78 is 2.10. The van der Waals surface area contributed by atoms with Crippen LogP contribution in [0.5, 0.6) is 0 Å². The van der Waals surface area contributed by atoms with Crippen molar-refractivity contribution < 1.29 is 4.79 Å². The summed E-state index contributed by atoms with van der Waals surface area (Å²) in [5.41, 5.74) is 1.82. The van der Waals surface area contributed by atoms with Gasteiger partial charge in [0.15, 0.2) is 5.16 Å². The molecule has 1 saturated carbocycles. The van der Waals surface area contributed by atoms with Gasteiger partial charge in [0.2, 0.25) is 5.91 Å². The number of rotatable bonds is 7. The zero-order valence-corrected chi connectivity index (χ0v) is 19.5. The Kier molecular flexibility index (Phi) is 7.46. The first-order valence-corrected chi connectivity index (χ1v) is 13.0. The molecule has 8 heteroatoms. The summed E-state index contributed by atoms with van der Waals surface area (Å²) in [6.07, 6.45) is 13.3. The number of aromatic nitrogens is 3. The highest BCUT2D eigenvalue weighted by Crippen LogP contribution is 2.37. The van der Waals surface area contributed by atoms with Crippen LogP contribution in [-0.2, 0) is 24.2 Å². The molecule has 0 saturated heterocycles. The van der Waals surface area contributed by atoms with Crippen LogP contribution < -0.4 is 5.32 Å². The Balaban J connectivity index is 1.44. The van der Waals surface area contributed by atoms with Gasteiger partial charge in [0, 0.05) is 17.3 Å². The van der Waals surface area contributed by atoms with E-state index in [9.17, 15) is 10.1 Å². The largest absolute Gasteiger partial charge is 0.316 e. The van der Waals surface area contributed by atoms with Crippen LogP contribution in [0.25, 0.3) is 0 Å². The molecule has 1 N–H and O–H groups in total. The number of aryl methyl sites for hydroxylation is 1. The monoisotopic (exact) mass is 455 g/mol. The van der Waals surface area contributed by atoms with Crippen molar-refractivity contribution in [2.45, 2.75) is 81.8 Å². The van der Waals surface area contributed by atoms with Crippen LogP contribution in [0.15, 0.2) is 17.8 Å². The number of hydrogen-bond acceptors (Lipinski definition) is 6. The number of nitrogens with zero attached hydrogens (tertiary/aromatic N) is 4. The van der Waals surface area contributed by atoms with Gasteiger partial charge >= 0.3 is 0 Å². The van der Waals surface area contributed by atoms with Gasteiger partial charge in [-0.1, -0.05) is 43.5 Å². The fourth-order valence-electron chi connectivity index (χ4n) is 4.61. The van der Waals surface area contributed by atoms with E-state index in [0.29, 0.717) is 23.0 Å². The molecule has 164 valence electrons. The molecule has 0 aromatic carbocycles. The number of carbonyl (C=O) groups is 1. The quantitative estimate of drug-likeness (QED) is 0.444. The normalized spacial score (nSPS) is 16.9. The van der Waals surface area contributed by atoms with E-state index in [1.165, 1.54) is 42.3 Å². The van der Waals surface area contributed by atoms with Crippen molar-refractivity contribution in [3.63, 3.8) is 0 Å². The van der Waals surface area contributed by atoms with Crippen LogP contribution in [0.4, 0.5) is 5.00 Å². The minimum absolute atomic E-state index is 0.105. The Morgan fingerprint density at radius 2 is 2.00 bits per heavy atom. The maximum atomic E-state index is 12.7. The molecule has 0 radical (unpaired) electrons. The number of anilines is 1. The molecule has 0 unspecified atom stereocenters. The molecule has 2 aromatic heterocycles. The van der Waals surface area contributed by atoms with E-state index >= 15 is 0 Å². The first-order chi connectivity index (χ1) is 15.2. The van der Waals surface area contributed by atoms with E-state index in [-0.39, 0.29) is 11.7 Å². The standard InChI is InChI=1S/C23H29N5OS2/c1-2-13-28-21(16-9-7-8-10-16)26-27-23(28)30-15-20(29)25-22-18(14-24)17-11-5-3-4-6-12-19(17)31-22/h2,16H,1,3-13,15H2,(H,25,29). The van der Waals surface area contributed by atoms with Crippen LogP contribution in [0.3, 0.4) is 0 Å². The average molecular weight is 456 g/mol. The molecule has 0 aliphatic heterocycles. The average Bonchev–Trinajstić information content (AvgIpc) is 3.46. The lowest BCUT2D eigenvalue weighted by atomic mass is 9.97. The highest BCUT2D eigenvalue weighted by atomic mass is 32.2. The second-order valence-electron chi connectivity index (χ2n) is 8.29. The molecule has 2 aliphatic carbocycles. The molecule has 2 aromatic rings. The fraction of sp³-hybridized carbons (Fsp3) is 0.565. The molecular formula is C23H29N5OS2. The molecular weight excluding hydrogens is 426 g/mol. The number of nitrogens with one attached hydrogen (secondary N) is 1. The number of nitriles is 1. The van der Waals surface area contributed by atoms with E-state index < -0.39 is 0 Å². The van der Waals surface area contributed by atoms with E-state index in [4.69, 9.17) is 0 Å². The third-order valence-electron chi connectivity index (χ3n) is 6.15. The van der Waals surface area contributed by atoms with Gasteiger partial charge in [0.05, 0.1) is 11.3 Å². The smallest absolute Gasteiger partial charge is 0.235 e. The SMILES string of the molecule is C=CCn1c(SCC(=O)Nc2sc3c(c2C#N)CCCCCC3)nnc1C1CCCC1. The lowest BCUT2D eigenvalue weighted by Gasteiger charge is -2.11. The van der Waals surface area contributed by atoms with E-state index in [0.717, 1.165) is 55.1 Å². The van der Waals surface area contributed by atoms with Gasteiger partial charge in [-0.25, -0.2) is 0 Å². The molecule has 2 aliphatic rings. The number of hydrogen-bond donors (Lipinski definition) is 1. The molecule has 6 nitrogen and oxygen atoms in total. The van der Waals surface area contributed by atoms with Gasteiger partial charge in [-0.3, -0.25) is 4.79 Å². The number of thiophene rings is 1. The van der Waals surface area contributed by atoms with Crippen LogP contribution in [0.2, 0.25) is 0 Å². The van der Waals surface area contributed by atoms with Gasteiger partial charge in [0.25, 0.3) is 0 Å². The zero-order chi connectivity index (χ0) is 21.6. The minimum atomic E-state index is -0.105. The predicted molar refractivity (Wildman–Crippen MR) is 126 cm³/mol. The molecule has 0 atom stereocenters. The number of thioether (sulfide) groups is 1. The van der Waals surface area contributed by atoms with Gasteiger partial charge in [0.1, 0.15) is 16.9 Å². The summed E-state index contributed by atoms with van der Waals surface area (Å²) in [5.74, 6) is 1.61. The van der Waals surface area contributed by atoms with Crippen molar-refractivity contribution in [2.75, 3.05) is 11.1 Å².